The van der Waals surface area contributed by atoms with Gasteiger partial charge in [-0.05, 0) is 42.3 Å². The van der Waals surface area contributed by atoms with Crippen molar-refractivity contribution >= 4 is 22.2 Å². The second-order valence-electron chi connectivity index (χ2n) is 5.69. The molecule has 4 aromatic rings. The van der Waals surface area contributed by atoms with Crippen LogP contribution in [0.4, 0.5) is 0 Å². The lowest BCUT2D eigenvalue weighted by molar-refractivity contribution is 0.588. The molecule has 0 amide bonds. The molecule has 4 rings (SSSR count). The molecular weight excluding hydrogens is 330 g/mol. The number of hydrogen-bond acceptors (Lipinski definition) is 3. The van der Waals surface area contributed by atoms with Gasteiger partial charge in [0, 0.05) is 6.20 Å². The predicted molar refractivity (Wildman–Crippen MR) is 99.8 cm³/mol. The van der Waals surface area contributed by atoms with Crippen LogP contribution in [0, 0.1) is 0 Å². The fourth-order valence-electron chi connectivity index (χ4n) is 2.91. The maximum atomic E-state index is 13.2. The van der Waals surface area contributed by atoms with Crippen LogP contribution in [-0.4, -0.2) is 19.5 Å². The first-order chi connectivity index (χ1) is 12.3. The number of aryl methyl sites for hydroxylation is 1. The number of nitrogens with one attached hydrogen (secondary N) is 1. The van der Waals surface area contributed by atoms with Crippen molar-refractivity contribution < 1.29 is 4.55 Å². The lowest BCUT2D eigenvalue weighted by Gasteiger charge is -2.13. The van der Waals surface area contributed by atoms with E-state index in [9.17, 15) is 4.55 Å². The molecule has 2 heterocycles. The van der Waals surface area contributed by atoms with Gasteiger partial charge < -0.3 is 4.55 Å². The second kappa shape index (κ2) is 6.70. The van der Waals surface area contributed by atoms with Crippen molar-refractivity contribution in [2.45, 2.75) is 23.4 Å². The fourth-order valence-corrected chi connectivity index (χ4v) is 4.07. The van der Waals surface area contributed by atoms with Crippen LogP contribution in [0.5, 0.6) is 0 Å². The third kappa shape index (κ3) is 2.92. The van der Waals surface area contributed by atoms with Crippen LogP contribution in [0.2, 0.25) is 0 Å². The monoisotopic (exact) mass is 347 g/mol. The van der Waals surface area contributed by atoms with Crippen LogP contribution in [0.3, 0.4) is 0 Å². The Kier molecular flexibility index (Phi) is 4.26. The highest BCUT2D eigenvalue weighted by Gasteiger charge is 2.24. The van der Waals surface area contributed by atoms with Crippen LogP contribution in [0.25, 0.3) is 22.3 Å². The van der Waals surface area contributed by atoms with Gasteiger partial charge in [-0.25, -0.2) is 0 Å². The summed E-state index contributed by atoms with van der Waals surface area (Å²) >= 11 is -1.41. The van der Waals surface area contributed by atoms with Gasteiger partial charge in [-0.15, -0.1) is 0 Å². The summed E-state index contributed by atoms with van der Waals surface area (Å²) in [5, 5.41) is 0.461. The van der Waals surface area contributed by atoms with E-state index in [1.807, 2.05) is 54.6 Å². The number of aromatic amines is 1. The van der Waals surface area contributed by atoms with Gasteiger partial charge in [0.25, 0.3) is 0 Å². The zero-order valence-electron chi connectivity index (χ0n) is 13.8. The van der Waals surface area contributed by atoms with Gasteiger partial charge in [0.1, 0.15) is 0 Å². The molecule has 0 saturated heterocycles. The minimum atomic E-state index is -1.41. The Morgan fingerprint density at radius 1 is 1.00 bits per heavy atom. The van der Waals surface area contributed by atoms with E-state index in [4.69, 9.17) is 0 Å². The molecule has 0 saturated carbocycles. The van der Waals surface area contributed by atoms with Crippen molar-refractivity contribution in [1.82, 2.24) is 15.0 Å². The number of H-pyrrole nitrogens is 1. The summed E-state index contributed by atoms with van der Waals surface area (Å²) in [5.41, 5.74) is 4.60. The largest absolute Gasteiger partial charge is 0.604 e. The minimum absolute atomic E-state index is 0.461. The van der Waals surface area contributed by atoms with Crippen molar-refractivity contribution in [3.05, 3.63) is 72.4 Å². The van der Waals surface area contributed by atoms with Crippen molar-refractivity contribution in [2.24, 2.45) is 0 Å². The SMILES string of the molecule is CCc1cccnc1-c1ccccc1[S+]([O-])c1nc2ccccc2[nH]1. The summed E-state index contributed by atoms with van der Waals surface area (Å²) < 4.78 is 13.2. The Morgan fingerprint density at radius 3 is 2.64 bits per heavy atom. The summed E-state index contributed by atoms with van der Waals surface area (Å²) in [5.74, 6) is 0. The predicted octanol–water partition coefficient (Wildman–Crippen LogP) is 4.35. The van der Waals surface area contributed by atoms with E-state index in [-0.39, 0.29) is 0 Å². The topological polar surface area (TPSA) is 64.6 Å². The second-order valence-corrected chi connectivity index (χ2v) is 7.05. The molecule has 5 heteroatoms. The summed E-state index contributed by atoms with van der Waals surface area (Å²) in [6.45, 7) is 2.10. The van der Waals surface area contributed by atoms with Gasteiger partial charge in [-0.2, -0.15) is 4.98 Å². The average molecular weight is 347 g/mol. The van der Waals surface area contributed by atoms with E-state index in [0.717, 1.165) is 39.2 Å². The molecule has 0 aliphatic heterocycles. The van der Waals surface area contributed by atoms with Gasteiger partial charge >= 0.3 is 5.16 Å². The normalized spacial score (nSPS) is 12.4. The standard InChI is InChI=1S/C20H17N3OS/c1-2-14-8-7-13-21-19(14)15-9-3-6-12-18(15)25(24)20-22-16-10-4-5-11-17(16)23-20/h3-13H,2H2,1H3,(H,22,23). The molecule has 0 bridgehead atoms. The quantitative estimate of drug-likeness (QED) is 0.558. The first kappa shape index (κ1) is 15.9. The Labute approximate surface area is 149 Å². The van der Waals surface area contributed by atoms with Crippen molar-refractivity contribution in [2.75, 3.05) is 0 Å². The number of fused-ring (bicyclic) bond motifs is 1. The van der Waals surface area contributed by atoms with E-state index in [1.54, 1.807) is 6.20 Å². The smallest absolute Gasteiger partial charge is 0.327 e. The zero-order chi connectivity index (χ0) is 17.2. The molecule has 1 unspecified atom stereocenters. The number of rotatable bonds is 4. The Balaban J connectivity index is 1.83. The van der Waals surface area contributed by atoms with Crippen LogP contribution in [0.15, 0.2) is 76.9 Å². The van der Waals surface area contributed by atoms with Gasteiger partial charge in [0.05, 0.1) is 33.5 Å². The van der Waals surface area contributed by atoms with Crippen LogP contribution in [0.1, 0.15) is 12.5 Å². The maximum Gasteiger partial charge on any atom is 0.327 e. The number of pyridine rings is 1. The van der Waals surface area contributed by atoms with Crippen LogP contribution < -0.4 is 0 Å². The van der Waals surface area contributed by atoms with Crippen molar-refractivity contribution in [1.29, 1.82) is 0 Å². The number of benzene rings is 2. The highest BCUT2D eigenvalue weighted by atomic mass is 32.2. The number of imidazole rings is 1. The molecule has 4 nitrogen and oxygen atoms in total. The van der Waals surface area contributed by atoms with E-state index in [0.29, 0.717) is 5.16 Å². The molecule has 2 aromatic heterocycles. The molecule has 2 aromatic carbocycles. The van der Waals surface area contributed by atoms with Gasteiger partial charge in [-0.1, -0.05) is 37.3 Å². The first-order valence-electron chi connectivity index (χ1n) is 8.17. The molecule has 1 atom stereocenters. The molecule has 1 N–H and O–H groups in total. The third-order valence-corrected chi connectivity index (χ3v) is 5.46. The summed E-state index contributed by atoms with van der Waals surface area (Å²) in [6.07, 6.45) is 2.64. The molecule has 0 spiro atoms. The molecule has 124 valence electrons. The summed E-state index contributed by atoms with van der Waals surface area (Å²) in [6, 6.07) is 19.4. The van der Waals surface area contributed by atoms with Crippen LogP contribution in [-0.2, 0) is 17.6 Å². The lowest BCUT2D eigenvalue weighted by Crippen LogP contribution is -2.07. The number of nitrogens with zero attached hydrogens (tertiary/aromatic N) is 2. The lowest BCUT2D eigenvalue weighted by atomic mass is 10.0. The summed E-state index contributed by atoms with van der Waals surface area (Å²) in [4.78, 5) is 12.9. The minimum Gasteiger partial charge on any atom is -0.604 e. The Bertz CT molecular complexity index is 995. The highest BCUT2D eigenvalue weighted by molar-refractivity contribution is 7.91. The highest BCUT2D eigenvalue weighted by Crippen LogP contribution is 2.32. The van der Waals surface area contributed by atoms with Gasteiger partial charge in [-0.3, -0.25) is 9.97 Å². The molecule has 0 radical (unpaired) electrons. The molecule has 25 heavy (non-hydrogen) atoms. The molecule has 0 aliphatic carbocycles. The zero-order valence-corrected chi connectivity index (χ0v) is 14.6. The number of hydrogen-bond donors (Lipinski definition) is 1. The van der Waals surface area contributed by atoms with Crippen LogP contribution >= 0.6 is 0 Å². The van der Waals surface area contributed by atoms with E-state index < -0.39 is 11.2 Å². The van der Waals surface area contributed by atoms with E-state index in [1.165, 1.54) is 0 Å². The molecule has 0 aliphatic rings. The van der Waals surface area contributed by atoms with Crippen molar-refractivity contribution in [3.63, 3.8) is 0 Å². The maximum absolute atomic E-state index is 13.2. The summed E-state index contributed by atoms with van der Waals surface area (Å²) in [7, 11) is 0. The number of para-hydroxylation sites is 2. The number of aromatic nitrogens is 3. The van der Waals surface area contributed by atoms with Gasteiger partial charge in [0.2, 0.25) is 0 Å². The van der Waals surface area contributed by atoms with E-state index >= 15 is 0 Å². The molecule has 0 fully saturated rings. The first-order valence-corrected chi connectivity index (χ1v) is 9.32. The van der Waals surface area contributed by atoms with E-state index in [2.05, 4.69) is 27.9 Å². The Morgan fingerprint density at radius 2 is 1.80 bits per heavy atom. The molecular formula is C20H17N3OS. The third-order valence-electron chi connectivity index (χ3n) is 4.16. The van der Waals surface area contributed by atoms with Crippen molar-refractivity contribution in [3.8, 4) is 11.3 Å². The Hall–Kier alpha value is -2.63. The fraction of sp³-hybridized carbons (Fsp3) is 0.100. The average Bonchev–Trinajstić information content (AvgIpc) is 3.11. The van der Waals surface area contributed by atoms with Gasteiger partial charge in [0.15, 0.2) is 4.90 Å².